The zero-order valence-corrected chi connectivity index (χ0v) is 9.20. The van der Waals surface area contributed by atoms with Crippen LogP contribution in [-0.2, 0) is 5.41 Å². The normalized spacial score (nSPS) is 12.6. The summed E-state index contributed by atoms with van der Waals surface area (Å²) in [6.07, 6.45) is 0. The van der Waals surface area contributed by atoms with E-state index in [1.54, 1.807) is 0 Å². The van der Waals surface area contributed by atoms with Crippen molar-refractivity contribution in [2.24, 2.45) is 16.6 Å². The standard InChI is InChI=1S/C11H18N4/c1-11(2,8-14-10(12)15-13)9-6-4-3-5-7-9/h3-7H,8,13H2,1-2H3,(H3,12,14,15). The molecule has 15 heavy (non-hydrogen) atoms. The summed E-state index contributed by atoms with van der Waals surface area (Å²) in [7, 11) is 0. The Morgan fingerprint density at radius 2 is 1.93 bits per heavy atom. The quantitative estimate of drug-likeness (QED) is 0.295. The fraction of sp³-hybridized carbons (Fsp3) is 0.364. The van der Waals surface area contributed by atoms with Crippen molar-refractivity contribution >= 4 is 5.96 Å². The zero-order chi connectivity index (χ0) is 11.3. The Balaban J connectivity index is 2.76. The van der Waals surface area contributed by atoms with Gasteiger partial charge in [-0.3, -0.25) is 10.4 Å². The number of hydrazine groups is 1. The lowest BCUT2D eigenvalue weighted by Gasteiger charge is -2.23. The van der Waals surface area contributed by atoms with Crippen molar-refractivity contribution in [3.05, 3.63) is 35.9 Å². The number of nitrogens with two attached hydrogens (primary N) is 2. The summed E-state index contributed by atoms with van der Waals surface area (Å²) in [4.78, 5) is 4.15. The van der Waals surface area contributed by atoms with Gasteiger partial charge in [-0.25, -0.2) is 5.84 Å². The second-order valence-corrected chi connectivity index (χ2v) is 4.10. The first-order valence-electron chi connectivity index (χ1n) is 4.88. The Kier molecular flexibility index (Phi) is 3.68. The Hall–Kier alpha value is -1.55. The molecule has 82 valence electrons. The molecule has 0 unspecified atom stereocenters. The van der Waals surface area contributed by atoms with E-state index in [4.69, 9.17) is 11.6 Å². The van der Waals surface area contributed by atoms with Gasteiger partial charge in [-0.15, -0.1) is 0 Å². The molecule has 0 aliphatic carbocycles. The van der Waals surface area contributed by atoms with Crippen LogP contribution in [0.25, 0.3) is 0 Å². The third-order valence-electron chi connectivity index (χ3n) is 2.35. The smallest absolute Gasteiger partial charge is 0.203 e. The molecule has 0 atom stereocenters. The molecule has 4 heteroatoms. The summed E-state index contributed by atoms with van der Waals surface area (Å²) in [5.74, 6) is 5.40. The zero-order valence-electron chi connectivity index (χ0n) is 9.20. The number of aliphatic imine (C=N–C) groups is 1. The molecule has 0 fully saturated rings. The third-order valence-corrected chi connectivity index (χ3v) is 2.35. The number of hydrogen-bond donors (Lipinski definition) is 3. The summed E-state index contributed by atoms with van der Waals surface area (Å²) in [6, 6.07) is 10.2. The molecular weight excluding hydrogens is 188 g/mol. The number of rotatable bonds is 3. The molecule has 0 spiro atoms. The molecule has 0 aliphatic heterocycles. The number of hydrogen-bond acceptors (Lipinski definition) is 2. The number of nitrogens with one attached hydrogen (secondary N) is 1. The molecule has 0 bridgehead atoms. The van der Waals surface area contributed by atoms with Crippen molar-refractivity contribution in [3.63, 3.8) is 0 Å². The monoisotopic (exact) mass is 206 g/mol. The predicted octanol–water partition coefficient (Wildman–Crippen LogP) is 0.742. The lowest BCUT2D eigenvalue weighted by atomic mass is 9.85. The van der Waals surface area contributed by atoms with Crippen molar-refractivity contribution < 1.29 is 0 Å². The van der Waals surface area contributed by atoms with E-state index in [1.165, 1.54) is 5.56 Å². The number of benzene rings is 1. The predicted molar refractivity (Wildman–Crippen MR) is 63.3 cm³/mol. The van der Waals surface area contributed by atoms with Gasteiger partial charge in [0.25, 0.3) is 0 Å². The first kappa shape index (κ1) is 11.5. The van der Waals surface area contributed by atoms with E-state index in [9.17, 15) is 0 Å². The third kappa shape index (κ3) is 3.25. The molecule has 0 aliphatic rings. The van der Waals surface area contributed by atoms with Gasteiger partial charge in [0.15, 0.2) is 0 Å². The van der Waals surface area contributed by atoms with E-state index < -0.39 is 0 Å². The molecule has 4 nitrogen and oxygen atoms in total. The van der Waals surface area contributed by atoms with Crippen LogP contribution in [-0.4, -0.2) is 12.5 Å². The summed E-state index contributed by atoms with van der Waals surface area (Å²) in [6.45, 7) is 4.85. The highest BCUT2D eigenvalue weighted by atomic mass is 15.3. The lowest BCUT2D eigenvalue weighted by molar-refractivity contribution is 0.539. The van der Waals surface area contributed by atoms with Crippen LogP contribution in [0.15, 0.2) is 35.3 Å². The van der Waals surface area contributed by atoms with Gasteiger partial charge in [-0.05, 0) is 5.56 Å². The molecule has 5 N–H and O–H groups in total. The van der Waals surface area contributed by atoms with Crippen LogP contribution in [0.2, 0.25) is 0 Å². The highest BCUT2D eigenvalue weighted by molar-refractivity contribution is 5.77. The van der Waals surface area contributed by atoms with E-state index in [-0.39, 0.29) is 11.4 Å². The van der Waals surface area contributed by atoms with Crippen molar-refractivity contribution in [1.29, 1.82) is 0 Å². The van der Waals surface area contributed by atoms with Crippen molar-refractivity contribution in [1.82, 2.24) is 5.43 Å². The van der Waals surface area contributed by atoms with Crippen LogP contribution < -0.4 is 17.0 Å². The fourth-order valence-electron chi connectivity index (χ4n) is 1.31. The van der Waals surface area contributed by atoms with Gasteiger partial charge in [0.2, 0.25) is 5.96 Å². The van der Waals surface area contributed by atoms with Gasteiger partial charge >= 0.3 is 0 Å². The molecule has 1 rings (SSSR count). The number of guanidine groups is 1. The second kappa shape index (κ2) is 4.79. The van der Waals surface area contributed by atoms with Gasteiger partial charge in [0.05, 0.1) is 6.54 Å². The highest BCUT2D eigenvalue weighted by Gasteiger charge is 2.19. The molecule has 0 aromatic heterocycles. The van der Waals surface area contributed by atoms with E-state index in [0.717, 1.165) is 0 Å². The Bertz CT molecular complexity index is 330. The molecule has 0 saturated heterocycles. The second-order valence-electron chi connectivity index (χ2n) is 4.10. The minimum absolute atomic E-state index is 0.0390. The Labute approximate surface area is 90.4 Å². The minimum atomic E-state index is -0.0390. The SMILES string of the molecule is CC(C)(CN=C(N)NN)c1ccccc1. The van der Waals surface area contributed by atoms with Gasteiger partial charge < -0.3 is 5.73 Å². The van der Waals surface area contributed by atoms with Gasteiger partial charge in [0, 0.05) is 5.41 Å². The number of nitrogens with zero attached hydrogens (tertiary/aromatic N) is 1. The van der Waals surface area contributed by atoms with Crippen molar-refractivity contribution in [2.45, 2.75) is 19.3 Å². The van der Waals surface area contributed by atoms with Crippen LogP contribution in [0, 0.1) is 0 Å². The molecular formula is C11H18N4. The van der Waals surface area contributed by atoms with Crippen molar-refractivity contribution in [3.8, 4) is 0 Å². The molecule has 0 saturated carbocycles. The maximum atomic E-state index is 5.47. The minimum Gasteiger partial charge on any atom is -0.369 e. The topological polar surface area (TPSA) is 76.4 Å². The van der Waals surface area contributed by atoms with Gasteiger partial charge in [-0.2, -0.15) is 0 Å². The Morgan fingerprint density at radius 1 is 1.33 bits per heavy atom. The largest absolute Gasteiger partial charge is 0.369 e. The van der Waals surface area contributed by atoms with Gasteiger partial charge in [-0.1, -0.05) is 44.2 Å². The van der Waals surface area contributed by atoms with E-state index in [0.29, 0.717) is 6.54 Å². The summed E-state index contributed by atoms with van der Waals surface area (Å²) in [5, 5.41) is 0. The van der Waals surface area contributed by atoms with E-state index >= 15 is 0 Å². The van der Waals surface area contributed by atoms with Crippen molar-refractivity contribution in [2.75, 3.05) is 6.54 Å². The van der Waals surface area contributed by atoms with E-state index in [2.05, 4.69) is 36.4 Å². The molecule has 0 amide bonds. The average Bonchev–Trinajstić information content (AvgIpc) is 2.27. The average molecular weight is 206 g/mol. The molecule has 1 aromatic carbocycles. The van der Waals surface area contributed by atoms with Crippen LogP contribution in [0.1, 0.15) is 19.4 Å². The van der Waals surface area contributed by atoms with E-state index in [1.807, 2.05) is 18.2 Å². The summed E-state index contributed by atoms with van der Waals surface area (Å²) in [5.41, 5.74) is 8.98. The maximum Gasteiger partial charge on any atom is 0.203 e. The summed E-state index contributed by atoms with van der Waals surface area (Å²) >= 11 is 0. The van der Waals surface area contributed by atoms with Gasteiger partial charge in [0.1, 0.15) is 0 Å². The highest BCUT2D eigenvalue weighted by Crippen LogP contribution is 2.22. The Morgan fingerprint density at radius 3 is 2.47 bits per heavy atom. The van der Waals surface area contributed by atoms with Crippen LogP contribution >= 0.6 is 0 Å². The molecule has 0 heterocycles. The first-order chi connectivity index (χ1) is 7.06. The fourth-order valence-corrected chi connectivity index (χ4v) is 1.31. The van der Waals surface area contributed by atoms with Crippen LogP contribution in [0.3, 0.4) is 0 Å². The lowest BCUT2D eigenvalue weighted by Crippen LogP contribution is -2.38. The molecule has 0 radical (unpaired) electrons. The van der Waals surface area contributed by atoms with Crippen LogP contribution in [0.4, 0.5) is 0 Å². The first-order valence-corrected chi connectivity index (χ1v) is 4.88. The molecule has 1 aromatic rings. The maximum absolute atomic E-state index is 5.47. The summed E-state index contributed by atoms with van der Waals surface area (Å²) < 4.78 is 0. The van der Waals surface area contributed by atoms with Crippen LogP contribution in [0.5, 0.6) is 0 Å².